The van der Waals surface area contributed by atoms with Crippen LogP contribution in [0.3, 0.4) is 0 Å². The first-order chi connectivity index (χ1) is 10.1. The van der Waals surface area contributed by atoms with E-state index in [4.69, 9.17) is 10.5 Å². The third-order valence-corrected chi connectivity index (χ3v) is 4.66. The van der Waals surface area contributed by atoms with Crippen molar-refractivity contribution >= 4 is 5.91 Å². The standard InChI is InChI=1S/C17H24N2O2/c1-12-10-19(17(20)14-7-8-15(18)9-14)16(11-21-12)13-5-3-2-4-6-13/h2-6,12,14-16H,7-11,18H2,1H3/t12-,14-,15-,16+/m1/s1. The minimum absolute atomic E-state index is 0.0340. The average Bonchev–Trinajstić information content (AvgIpc) is 2.94. The highest BCUT2D eigenvalue weighted by atomic mass is 16.5. The van der Waals surface area contributed by atoms with Crippen molar-refractivity contribution in [2.24, 2.45) is 11.7 Å². The van der Waals surface area contributed by atoms with Gasteiger partial charge in [-0.25, -0.2) is 0 Å². The van der Waals surface area contributed by atoms with Crippen LogP contribution in [0, 0.1) is 5.92 Å². The largest absolute Gasteiger partial charge is 0.374 e. The molecule has 4 atom stereocenters. The van der Waals surface area contributed by atoms with Crippen molar-refractivity contribution in [3.05, 3.63) is 35.9 Å². The summed E-state index contributed by atoms with van der Waals surface area (Å²) < 4.78 is 5.79. The Hall–Kier alpha value is -1.39. The molecule has 2 fully saturated rings. The van der Waals surface area contributed by atoms with E-state index in [0.29, 0.717) is 13.2 Å². The smallest absolute Gasteiger partial charge is 0.226 e. The van der Waals surface area contributed by atoms with E-state index in [2.05, 4.69) is 12.1 Å². The SMILES string of the molecule is C[C@@H]1CN(C(=O)[C@@H]2CC[C@@H](N)C2)[C@H](c2ccccc2)CO1. The fourth-order valence-electron chi connectivity index (χ4n) is 3.47. The van der Waals surface area contributed by atoms with Gasteiger partial charge in [0.05, 0.1) is 18.8 Å². The molecule has 1 aliphatic carbocycles. The molecule has 1 aromatic carbocycles. The van der Waals surface area contributed by atoms with Crippen molar-refractivity contribution in [1.29, 1.82) is 0 Å². The summed E-state index contributed by atoms with van der Waals surface area (Å²) in [7, 11) is 0. The summed E-state index contributed by atoms with van der Waals surface area (Å²) in [5.41, 5.74) is 7.12. The van der Waals surface area contributed by atoms with Crippen molar-refractivity contribution < 1.29 is 9.53 Å². The summed E-state index contributed by atoms with van der Waals surface area (Å²) in [5, 5.41) is 0. The zero-order valence-electron chi connectivity index (χ0n) is 12.6. The number of carbonyl (C=O) groups is 1. The van der Waals surface area contributed by atoms with Crippen LogP contribution in [0.1, 0.15) is 37.8 Å². The van der Waals surface area contributed by atoms with Crippen LogP contribution in [0.4, 0.5) is 0 Å². The Kier molecular flexibility index (Phi) is 4.27. The van der Waals surface area contributed by atoms with Crippen LogP contribution >= 0.6 is 0 Å². The van der Waals surface area contributed by atoms with Crippen molar-refractivity contribution in [2.75, 3.05) is 13.2 Å². The van der Waals surface area contributed by atoms with E-state index >= 15 is 0 Å². The quantitative estimate of drug-likeness (QED) is 0.906. The molecule has 1 heterocycles. The number of nitrogens with two attached hydrogens (primary N) is 1. The molecular formula is C17H24N2O2. The normalized spacial score (nSPS) is 33.1. The molecular weight excluding hydrogens is 264 g/mol. The van der Waals surface area contributed by atoms with E-state index in [-0.39, 0.29) is 30.0 Å². The molecule has 1 aromatic rings. The number of morpholine rings is 1. The van der Waals surface area contributed by atoms with Gasteiger partial charge in [-0.15, -0.1) is 0 Å². The second-order valence-corrected chi connectivity index (χ2v) is 6.33. The Morgan fingerprint density at radius 3 is 2.71 bits per heavy atom. The van der Waals surface area contributed by atoms with Gasteiger partial charge in [0, 0.05) is 18.5 Å². The lowest BCUT2D eigenvalue weighted by molar-refractivity contribution is -0.148. The molecule has 3 rings (SSSR count). The van der Waals surface area contributed by atoms with Crippen LogP contribution < -0.4 is 5.73 Å². The number of amides is 1. The lowest BCUT2D eigenvalue weighted by Gasteiger charge is -2.40. The highest BCUT2D eigenvalue weighted by Gasteiger charge is 2.37. The van der Waals surface area contributed by atoms with E-state index in [0.717, 1.165) is 24.8 Å². The first kappa shape index (κ1) is 14.5. The van der Waals surface area contributed by atoms with Crippen molar-refractivity contribution in [2.45, 2.75) is 44.4 Å². The van der Waals surface area contributed by atoms with Crippen LogP contribution in [0.2, 0.25) is 0 Å². The average molecular weight is 288 g/mol. The molecule has 0 bridgehead atoms. The van der Waals surface area contributed by atoms with Gasteiger partial charge in [0.2, 0.25) is 5.91 Å². The lowest BCUT2D eigenvalue weighted by atomic mass is 9.99. The fraction of sp³-hybridized carbons (Fsp3) is 0.588. The summed E-state index contributed by atoms with van der Waals surface area (Å²) in [5.74, 6) is 0.350. The molecule has 4 heteroatoms. The van der Waals surface area contributed by atoms with Crippen LogP contribution in [0.15, 0.2) is 30.3 Å². The Balaban J connectivity index is 1.80. The van der Waals surface area contributed by atoms with Crippen LogP contribution in [0.25, 0.3) is 0 Å². The first-order valence-corrected chi connectivity index (χ1v) is 7.87. The summed E-state index contributed by atoms with van der Waals surface area (Å²) in [6, 6.07) is 10.4. The van der Waals surface area contributed by atoms with Gasteiger partial charge in [0.25, 0.3) is 0 Å². The Morgan fingerprint density at radius 2 is 2.05 bits per heavy atom. The molecule has 114 valence electrons. The topological polar surface area (TPSA) is 55.6 Å². The molecule has 0 unspecified atom stereocenters. The van der Waals surface area contributed by atoms with Gasteiger partial charge in [-0.3, -0.25) is 4.79 Å². The molecule has 2 N–H and O–H groups in total. The second kappa shape index (κ2) is 6.16. The third-order valence-electron chi connectivity index (χ3n) is 4.66. The number of ether oxygens (including phenoxy) is 1. The highest BCUT2D eigenvalue weighted by molar-refractivity contribution is 5.80. The molecule has 1 aliphatic heterocycles. The fourth-order valence-corrected chi connectivity index (χ4v) is 3.47. The van der Waals surface area contributed by atoms with Gasteiger partial charge in [-0.05, 0) is 31.7 Å². The number of benzene rings is 1. The van der Waals surface area contributed by atoms with Crippen molar-refractivity contribution in [3.8, 4) is 0 Å². The third kappa shape index (κ3) is 3.11. The Morgan fingerprint density at radius 1 is 1.29 bits per heavy atom. The van der Waals surface area contributed by atoms with Gasteiger partial charge in [0.15, 0.2) is 0 Å². The van der Waals surface area contributed by atoms with E-state index in [9.17, 15) is 4.79 Å². The molecule has 0 spiro atoms. The maximum Gasteiger partial charge on any atom is 0.226 e. The molecule has 21 heavy (non-hydrogen) atoms. The zero-order valence-corrected chi connectivity index (χ0v) is 12.6. The van der Waals surface area contributed by atoms with Crippen LogP contribution in [0.5, 0.6) is 0 Å². The molecule has 1 amide bonds. The van der Waals surface area contributed by atoms with Gasteiger partial charge in [0.1, 0.15) is 0 Å². The Labute approximate surface area is 126 Å². The number of hydrogen-bond acceptors (Lipinski definition) is 3. The zero-order chi connectivity index (χ0) is 14.8. The predicted octanol–water partition coefficient (Wildman–Crippen LogP) is 2.10. The number of nitrogens with zero attached hydrogens (tertiary/aromatic N) is 1. The molecule has 1 saturated heterocycles. The van der Waals surface area contributed by atoms with Gasteiger partial charge >= 0.3 is 0 Å². The van der Waals surface area contributed by atoms with E-state index in [1.54, 1.807) is 0 Å². The minimum atomic E-state index is 0.0340. The monoisotopic (exact) mass is 288 g/mol. The van der Waals surface area contributed by atoms with Gasteiger partial charge in [-0.2, -0.15) is 0 Å². The molecule has 2 aliphatic rings. The molecule has 0 aromatic heterocycles. The molecule has 0 radical (unpaired) electrons. The molecule has 1 saturated carbocycles. The second-order valence-electron chi connectivity index (χ2n) is 6.33. The van der Waals surface area contributed by atoms with Crippen LogP contribution in [-0.2, 0) is 9.53 Å². The van der Waals surface area contributed by atoms with Gasteiger partial charge in [-0.1, -0.05) is 30.3 Å². The minimum Gasteiger partial charge on any atom is -0.374 e. The number of hydrogen-bond donors (Lipinski definition) is 1. The van der Waals surface area contributed by atoms with E-state index in [1.165, 1.54) is 0 Å². The number of rotatable bonds is 2. The highest BCUT2D eigenvalue weighted by Crippen LogP contribution is 2.32. The first-order valence-electron chi connectivity index (χ1n) is 7.87. The van der Waals surface area contributed by atoms with Gasteiger partial charge < -0.3 is 15.4 Å². The maximum absolute atomic E-state index is 12.9. The van der Waals surface area contributed by atoms with Crippen molar-refractivity contribution in [3.63, 3.8) is 0 Å². The summed E-state index contributed by atoms with van der Waals surface area (Å²) in [6.45, 7) is 3.28. The van der Waals surface area contributed by atoms with E-state index < -0.39 is 0 Å². The number of carbonyl (C=O) groups excluding carboxylic acids is 1. The summed E-state index contributed by atoms with van der Waals surface area (Å²) in [6.07, 6.45) is 2.81. The summed E-state index contributed by atoms with van der Waals surface area (Å²) in [4.78, 5) is 14.9. The lowest BCUT2D eigenvalue weighted by Crippen LogP contribution is -2.48. The summed E-state index contributed by atoms with van der Waals surface area (Å²) >= 11 is 0. The van der Waals surface area contributed by atoms with E-state index in [1.807, 2.05) is 30.0 Å². The van der Waals surface area contributed by atoms with Crippen LogP contribution in [-0.4, -0.2) is 36.1 Å². The molecule has 4 nitrogen and oxygen atoms in total. The Bertz CT molecular complexity index is 491. The predicted molar refractivity (Wildman–Crippen MR) is 81.6 cm³/mol. The maximum atomic E-state index is 12.9. The van der Waals surface area contributed by atoms with Crippen molar-refractivity contribution in [1.82, 2.24) is 4.90 Å².